The molecule has 4 heteroatoms. The Kier molecular flexibility index (Phi) is 6.52. The lowest BCUT2D eigenvalue weighted by Crippen LogP contribution is -2.51. The van der Waals surface area contributed by atoms with Gasteiger partial charge in [0.1, 0.15) is 0 Å². The van der Waals surface area contributed by atoms with Crippen molar-refractivity contribution in [1.29, 1.82) is 0 Å². The van der Waals surface area contributed by atoms with Crippen LogP contribution in [-0.2, 0) is 4.43 Å². The number of hydrogen-bond donors (Lipinski definition) is 2. The second-order valence-corrected chi connectivity index (χ2v) is 14.1. The van der Waals surface area contributed by atoms with Gasteiger partial charge < -0.3 is 14.6 Å². The topological polar surface area (TPSA) is 49.7 Å². The summed E-state index contributed by atoms with van der Waals surface area (Å²) in [4.78, 5) is 0. The Morgan fingerprint density at radius 3 is 2.29 bits per heavy atom. The van der Waals surface area contributed by atoms with Gasteiger partial charge in [-0.2, -0.15) is 0 Å². The van der Waals surface area contributed by atoms with Crippen molar-refractivity contribution in [3.63, 3.8) is 0 Å². The van der Waals surface area contributed by atoms with E-state index >= 15 is 0 Å². The molecular weight excluding hydrogens is 316 g/mol. The Labute approximate surface area is 149 Å². The van der Waals surface area contributed by atoms with Gasteiger partial charge in [0.15, 0.2) is 8.32 Å². The van der Waals surface area contributed by atoms with Crippen LogP contribution in [-0.4, -0.2) is 36.8 Å². The number of aliphatic hydroxyl groups is 2. The number of allylic oxidation sites excluding steroid dienone is 1. The predicted octanol–water partition coefficient (Wildman–Crippen LogP) is 4.58. The molecule has 0 aromatic rings. The van der Waals surface area contributed by atoms with E-state index in [0.717, 1.165) is 12.0 Å². The molecule has 0 unspecified atom stereocenters. The van der Waals surface area contributed by atoms with Crippen LogP contribution in [0.1, 0.15) is 54.4 Å². The first-order valence-electron chi connectivity index (χ1n) is 8.87. The zero-order chi connectivity index (χ0) is 18.8. The average Bonchev–Trinajstić information content (AvgIpc) is 2.33. The maximum absolute atomic E-state index is 11.0. The fraction of sp³-hybridized carbons (Fsp3) is 0.750. The van der Waals surface area contributed by atoms with Crippen molar-refractivity contribution in [3.8, 4) is 0 Å². The molecule has 0 aliphatic heterocycles. The Balaban J connectivity index is 3.08. The van der Waals surface area contributed by atoms with Gasteiger partial charge in [0.25, 0.3) is 0 Å². The summed E-state index contributed by atoms with van der Waals surface area (Å²) in [5, 5.41) is 20.0. The van der Waals surface area contributed by atoms with Gasteiger partial charge in [-0.1, -0.05) is 46.8 Å². The summed E-state index contributed by atoms with van der Waals surface area (Å²) in [6.07, 6.45) is 6.74. The van der Waals surface area contributed by atoms with Crippen LogP contribution in [0.3, 0.4) is 0 Å². The lowest BCUT2D eigenvalue weighted by molar-refractivity contribution is -0.0218. The van der Waals surface area contributed by atoms with Crippen molar-refractivity contribution in [2.45, 2.75) is 84.2 Å². The van der Waals surface area contributed by atoms with Gasteiger partial charge in [0, 0.05) is 18.1 Å². The van der Waals surface area contributed by atoms with Gasteiger partial charge in [0.05, 0.1) is 12.2 Å². The molecule has 0 aromatic heterocycles. The Morgan fingerprint density at radius 1 is 1.25 bits per heavy atom. The van der Waals surface area contributed by atoms with E-state index in [1.54, 1.807) is 18.2 Å². The van der Waals surface area contributed by atoms with Crippen molar-refractivity contribution < 1.29 is 14.6 Å². The SMILES string of the molecule is CC1(C)C[C@H](O[Si](C)(C)C(C)(C)C)C[C@@](C)(O)C1=C=C/C=C/CO. The quantitative estimate of drug-likeness (QED) is 0.442. The van der Waals surface area contributed by atoms with Crippen molar-refractivity contribution in [3.05, 3.63) is 29.5 Å². The van der Waals surface area contributed by atoms with Gasteiger partial charge in [0.2, 0.25) is 0 Å². The van der Waals surface area contributed by atoms with Crippen LogP contribution in [0.25, 0.3) is 0 Å². The monoisotopic (exact) mass is 352 g/mol. The minimum absolute atomic E-state index is 0.00965. The lowest BCUT2D eigenvalue weighted by atomic mass is 9.65. The molecule has 1 aliphatic carbocycles. The lowest BCUT2D eigenvalue weighted by Gasteiger charge is -2.48. The van der Waals surface area contributed by atoms with Crippen molar-refractivity contribution in [1.82, 2.24) is 0 Å². The largest absolute Gasteiger partial charge is 0.414 e. The second kappa shape index (κ2) is 7.31. The fourth-order valence-electron chi connectivity index (χ4n) is 3.31. The third-order valence-electron chi connectivity index (χ3n) is 5.41. The molecule has 1 aliphatic rings. The van der Waals surface area contributed by atoms with Gasteiger partial charge in [-0.15, -0.1) is 5.73 Å². The third kappa shape index (κ3) is 5.17. The summed E-state index contributed by atoms with van der Waals surface area (Å²) < 4.78 is 6.59. The predicted molar refractivity (Wildman–Crippen MR) is 104 cm³/mol. The number of aliphatic hydroxyl groups excluding tert-OH is 1. The van der Waals surface area contributed by atoms with Gasteiger partial charge >= 0.3 is 0 Å². The van der Waals surface area contributed by atoms with Gasteiger partial charge in [-0.25, -0.2) is 0 Å². The first-order valence-corrected chi connectivity index (χ1v) is 11.8. The molecule has 0 amide bonds. The molecular formula is C20H36O3Si. The maximum Gasteiger partial charge on any atom is 0.192 e. The molecule has 24 heavy (non-hydrogen) atoms. The van der Waals surface area contributed by atoms with E-state index in [9.17, 15) is 5.11 Å². The van der Waals surface area contributed by atoms with Gasteiger partial charge in [-0.05, 0) is 43.0 Å². The number of rotatable bonds is 4. The smallest absolute Gasteiger partial charge is 0.192 e. The summed E-state index contributed by atoms with van der Waals surface area (Å²) >= 11 is 0. The molecule has 1 fully saturated rings. The first-order chi connectivity index (χ1) is 10.7. The zero-order valence-electron chi connectivity index (χ0n) is 16.7. The molecule has 0 spiro atoms. The molecule has 3 nitrogen and oxygen atoms in total. The molecule has 1 rings (SSSR count). The summed E-state index contributed by atoms with van der Waals surface area (Å²) in [6.45, 7) is 17.4. The van der Waals surface area contributed by atoms with E-state index in [1.165, 1.54) is 0 Å². The fourth-order valence-corrected chi connectivity index (χ4v) is 4.66. The summed E-state index contributed by atoms with van der Waals surface area (Å²) in [6, 6.07) is 0. The first kappa shape index (κ1) is 21.4. The molecule has 0 radical (unpaired) electrons. The van der Waals surface area contributed by atoms with E-state index < -0.39 is 13.9 Å². The highest BCUT2D eigenvalue weighted by atomic mass is 28.4. The Morgan fingerprint density at radius 2 is 1.83 bits per heavy atom. The zero-order valence-corrected chi connectivity index (χ0v) is 17.7. The summed E-state index contributed by atoms with van der Waals surface area (Å²) in [7, 11) is -1.86. The summed E-state index contributed by atoms with van der Waals surface area (Å²) in [5.41, 5.74) is 3.05. The highest BCUT2D eigenvalue weighted by molar-refractivity contribution is 6.74. The Bertz CT molecular complexity index is 510. The number of hydrogen-bond acceptors (Lipinski definition) is 3. The minimum atomic E-state index is -1.86. The average molecular weight is 353 g/mol. The third-order valence-corrected chi connectivity index (χ3v) is 9.95. The minimum Gasteiger partial charge on any atom is -0.414 e. The van der Waals surface area contributed by atoms with Crippen molar-refractivity contribution >= 4 is 8.32 Å². The van der Waals surface area contributed by atoms with E-state index in [0.29, 0.717) is 6.42 Å². The van der Waals surface area contributed by atoms with Crippen LogP contribution in [0.15, 0.2) is 29.5 Å². The van der Waals surface area contributed by atoms with Crippen LogP contribution >= 0.6 is 0 Å². The van der Waals surface area contributed by atoms with Crippen molar-refractivity contribution in [2.75, 3.05) is 6.61 Å². The van der Waals surface area contributed by atoms with Crippen LogP contribution < -0.4 is 0 Å². The van der Waals surface area contributed by atoms with E-state index in [2.05, 4.69) is 53.4 Å². The van der Waals surface area contributed by atoms with E-state index in [-0.39, 0.29) is 23.2 Å². The van der Waals surface area contributed by atoms with Crippen LogP contribution in [0.5, 0.6) is 0 Å². The van der Waals surface area contributed by atoms with Crippen molar-refractivity contribution in [2.24, 2.45) is 5.41 Å². The second-order valence-electron chi connectivity index (χ2n) is 9.36. The Hall–Kier alpha value is -0.643. The maximum atomic E-state index is 11.0. The molecule has 138 valence electrons. The normalized spacial score (nSPS) is 28.1. The molecule has 2 atom stereocenters. The van der Waals surface area contributed by atoms with Crippen LogP contribution in [0.4, 0.5) is 0 Å². The van der Waals surface area contributed by atoms with Gasteiger partial charge in [-0.3, -0.25) is 0 Å². The van der Waals surface area contributed by atoms with E-state index in [4.69, 9.17) is 9.53 Å². The molecule has 1 saturated carbocycles. The van der Waals surface area contributed by atoms with Crippen LogP contribution in [0.2, 0.25) is 18.1 Å². The molecule has 0 heterocycles. The highest BCUT2D eigenvalue weighted by Crippen LogP contribution is 2.48. The van der Waals surface area contributed by atoms with Crippen LogP contribution in [0, 0.1) is 5.41 Å². The van der Waals surface area contributed by atoms with E-state index in [1.807, 2.05) is 6.92 Å². The summed E-state index contributed by atoms with van der Waals surface area (Å²) in [5.74, 6) is 0. The molecule has 0 saturated heterocycles. The molecule has 2 N–H and O–H groups in total. The highest BCUT2D eigenvalue weighted by Gasteiger charge is 2.48. The standard InChI is InChI=1S/C20H36O3Si/c1-18(2,3)24(7,8)23-16-14-19(4,5)17(20(6,22)15-16)12-10-9-11-13-21/h9-11,16,21-22H,13-15H2,1-8H3/b11-9+/t12?,16-,20+/m0/s1. The molecule has 0 aromatic carbocycles. The molecule has 0 bridgehead atoms.